The molecule has 0 saturated carbocycles. The SMILES string of the molecule is CNc1cnc(CN2CCN(C)CC2C)cn1. The minimum absolute atomic E-state index is 0.583. The minimum Gasteiger partial charge on any atom is -0.372 e. The van der Waals surface area contributed by atoms with Gasteiger partial charge in [-0.1, -0.05) is 0 Å². The van der Waals surface area contributed by atoms with Crippen LogP contribution >= 0.6 is 0 Å². The van der Waals surface area contributed by atoms with Crippen molar-refractivity contribution in [3.05, 3.63) is 18.1 Å². The van der Waals surface area contributed by atoms with Gasteiger partial charge in [0.05, 0.1) is 18.1 Å². The second-order valence-electron chi connectivity index (χ2n) is 4.72. The Labute approximate surface area is 103 Å². The lowest BCUT2D eigenvalue weighted by molar-refractivity contribution is 0.0926. The Balaban J connectivity index is 1.95. The van der Waals surface area contributed by atoms with E-state index < -0.39 is 0 Å². The van der Waals surface area contributed by atoms with Gasteiger partial charge < -0.3 is 10.2 Å². The topological polar surface area (TPSA) is 44.3 Å². The zero-order chi connectivity index (χ0) is 12.3. The summed E-state index contributed by atoms with van der Waals surface area (Å²) in [5.74, 6) is 0.820. The van der Waals surface area contributed by atoms with Crippen LogP contribution in [0, 0.1) is 0 Å². The fraction of sp³-hybridized carbons (Fsp3) is 0.667. The summed E-state index contributed by atoms with van der Waals surface area (Å²) >= 11 is 0. The molecule has 1 aliphatic rings. The number of piperazine rings is 1. The van der Waals surface area contributed by atoms with Crippen LogP contribution in [0.1, 0.15) is 12.6 Å². The Bertz CT molecular complexity index is 350. The van der Waals surface area contributed by atoms with Crippen LogP contribution in [0.3, 0.4) is 0 Å². The average molecular weight is 235 g/mol. The summed E-state index contributed by atoms with van der Waals surface area (Å²) in [5.41, 5.74) is 1.04. The molecular formula is C12H21N5. The van der Waals surface area contributed by atoms with Gasteiger partial charge >= 0.3 is 0 Å². The highest BCUT2D eigenvalue weighted by atomic mass is 15.3. The van der Waals surface area contributed by atoms with E-state index in [4.69, 9.17) is 0 Å². The van der Waals surface area contributed by atoms with Crippen LogP contribution in [0.4, 0.5) is 5.82 Å². The smallest absolute Gasteiger partial charge is 0.144 e. The number of aromatic nitrogens is 2. The van der Waals surface area contributed by atoms with Gasteiger partial charge in [0.15, 0.2) is 0 Å². The summed E-state index contributed by atoms with van der Waals surface area (Å²) in [7, 11) is 4.03. The van der Waals surface area contributed by atoms with Gasteiger partial charge in [-0.05, 0) is 14.0 Å². The van der Waals surface area contributed by atoms with Crippen LogP contribution in [0.25, 0.3) is 0 Å². The van der Waals surface area contributed by atoms with Gasteiger partial charge in [-0.25, -0.2) is 4.98 Å². The van der Waals surface area contributed by atoms with Gasteiger partial charge in [0, 0.05) is 39.3 Å². The third kappa shape index (κ3) is 3.14. The fourth-order valence-corrected chi connectivity index (χ4v) is 2.19. The first-order valence-electron chi connectivity index (χ1n) is 6.10. The van der Waals surface area contributed by atoms with Gasteiger partial charge in [0.25, 0.3) is 0 Å². The molecule has 2 rings (SSSR count). The number of likely N-dealkylation sites (N-methyl/N-ethyl adjacent to an activating group) is 1. The molecule has 5 heteroatoms. The summed E-state index contributed by atoms with van der Waals surface area (Å²) in [5, 5.41) is 2.98. The van der Waals surface area contributed by atoms with Crippen LogP contribution in [0.15, 0.2) is 12.4 Å². The Morgan fingerprint density at radius 2 is 2.18 bits per heavy atom. The number of hydrogen-bond acceptors (Lipinski definition) is 5. The zero-order valence-electron chi connectivity index (χ0n) is 10.8. The summed E-state index contributed by atoms with van der Waals surface area (Å²) in [6.45, 7) is 6.53. The lowest BCUT2D eigenvalue weighted by Crippen LogP contribution is -2.49. The van der Waals surface area contributed by atoms with E-state index in [2.05, 4.69) is 39.1 Å². The molecule has 0 aromatic carbocycles. The largest absolute Gasteiger partial charge is 0.372 e. The van der Waals surface area contributed by atoms with Crippen molar-refractivity contribution in [3.63, 3.8) is 0 Å². The van der Waals surface area contributed by atoms with Crippen molar-refractivity contribution >= 4 is 5.82 Å². The standard InChI is InChI=1S/C12H21N5/c1-10-8-16(3)4-5-17(10)9-11-6-15-12(13-2)7-14-11/h6-7,10H,4-5,8-9H2,1-3H3,(H,13,15). The van der Waals surface area contributed by atoms with E-state index in [0.717, 1.165) is 37.7 Å². The van der Waals surface area contributed by atoms with Crippen LogP contribution in [-0.2, 0) is 6.54 Å². The van der Waals surface area contributed by atoms with Crippen molar-refractivity contribution in [3.8, 4) is 0 Å². The molecule has 1 N–H and O–H groups in total. The summed E-state index contributed by atoms with van der Waals surface area (Å²) in [6.07, 6.45) is 3.65. The van der Waals surface area contributed by atoms with Crippen LogP contribution in [0.2, 0.25) is 0 Å². The van der Waals surface area contributed by atoms with E-state index in [0.29, 0.717) is 6.04 Å². The highest BCUT2D eigenvalue weighted by Gasteiger charge is 2.21. The van der Waals surface area contributed by atoms with Crippen molar-refractivity contribution in [2.75, 3.05) is 39.0 Å². The van der Waals surface area contributed by atoms with Gasteiger partial charge in [-0.15, -0.1) is 0 Å². The molecule has 1 unspecified atom stereocenters. The molecule has 1 saturated heterocycles. The zero-order valence-corrected chi connectivity index (χ0v) is 10.8. The predicted octanol–water partition coefficient (Wildman–Crippen LogP) is 0.654. The van der Waals surface area contributed by atoms with E-state index in [1.807, 2.05) is 13.2 Å². The number of rotatable bonds is 3. The van der Waals surface area contributed by atoms with Gasteiger partial charge in [-0.2, -0.15) is 0 Å². The number of anilines is 1. The molecular weight excluding hydrogens is 214 g/mol. The quantitative estimate of drug-likeness (QED) is 0.833. The van der Waals surface area contributed by atoms with Crippen molar-refractivity contribution in [1.29, 1.82) is 0 Å². The summed E-state index contributed by atoms with van der Waals surface area (Å²) in [6, 6.07) is 0.583. The maximum absolute atomic E-state index is 4.42. The highest BCUT2D eigenvalue weighted by molar-refractivity contribution is 5.29. The summed E-state index contributed by atoms with van der Waals surface area (Å²) in [4.78, 5) is 13.5. The van der Waals surface area contributed by atoms with E-state index in [9.17, 15) is 0 Å². The number of nitrogens with zero attached hydrogens (tertiary/aromatic N) is 4. The van der Waals surface area contributed by atoms with Crippen LogP contribution < -0.4 is 5.32 Å². The molecule has 0 aliphatic carbocycles. The van der Waals surface area contributed by atoms with Crippen molar-refractivity contribution in [2.24, 2.45) is 0 Å². The third-order valence-electron chi connectivity index (χ3n) is 3.29. The lowest BCUT2D eigenvalue weighted by Gasteiger charge is -2.37. The summed E-state index contributed by atoms with van der Waals surface area (Å²) < 4.78 is 0. The van der Waals surface area contributed by atoms with Gasteiger partial charge in [0.1, 0.15) is 5.82 Å². The van der Waals surface area contributed by atoms with Crippen LogP contribution in [0.5, 0.6) is 0 Å². The highest BCUT2D eigenvalue weighted by Crippen LogP contribution is 2.11. The molecule has 5 nitrogen and oxygen atoms in total. The maximum atomic E-state index is 4.42. The van der Waals surface area contributed by atoms with Gasteiger partial charge in [-0.3, -0.25) is 9.88 Å². The van der Waals surface area contributed by atoms with Crippen LogP contribution in [-0.4, -0.2) is 59.5 Å². The molecule has 0 bridgehead atoms. The molecule has 0 amide bonds. The lowest BCUT2D eigenvalue weighted by atomic mass is 10.2. The normalized spacial score (nSPS) is 22.6. The molecule has 1 aliphatic heterocycles. The molecule has 1 aromatic rings. The van der Waals surface area contributed by atoms with Crippen molar-refractivity contribution in [2.45, 2.75) is 19.5 Å². The molecule has 1 atom stereocenters. The molecule has 17 heavy (non-hydrogen) atoms. The first kappa shape index (κ1) is 12.3. The molecule has 2 heterocycles. The van der Waals surface area contributed by atoms with E-state index in [-0.39, 0.29) is 0 Å². The Kier molecular flexibility index (Phi) is 3.91. The molecule has 1 aromatic heterocycles. The Hall–Kier alpha value is -1.20. The molecule has 94 valence electrons. The first-order chi connectivity index (χ1) is 8.19. The van der Waals surface area contributed by atoms with Gasteiger partial charge in [0.2, 0.25) is 0 Å². The second kappa shape index (κ2) is 5.42. The monoisotopic (exact) mass is 235 g/mol. The van der Waals surface area contributed by atoms with E-state index >= 15 is 0 Å². The van der Waals surface area contributed by atoms with Crippen molar-refractivity contribution < 1.29 is 0 Å². The fourth-order valence-electron chi connectivity index (χ4n) is 2.19. The predicted molar refractivity (Wildman–Crippen MR) is 68.9 cm³/mol. The molecule has 0 spiro atoms. The molecule has 1 fully saturated rings. The van der Waals surface area contributed by atoms with E-state index in [1.165, 1.54) is 0 Å². The Morgan fingerprint density at radius 1 is 1.35 bits per heavy atom. The average Bonchev–Trinajstić information content (AvgIpc) is 2.34. The minimum atomic E-state index is 0.583. The number of hydrogen-bond donors (Lipinski definition) is 1. The first-order valence-corrected chi connectivity index (χ1v) is 6.10. The number of nitrogens with one attached hydrogen (secondary N) is 1. The third-order valence-corrected chi connectivity index (χ3v) is 3.29. The maximum Gasteiger partial charge on any atom is 0.144 e. The van der Waals surface area contributed by atoms with E-state index in [1.54, 1.807) is 6.20 Å². The molecule has 0 radical (unpaired) electrons. The second-order valence-corrected chi connectivity index (χ2v) is 4.72. The van der Waals surface area contributed by atoms with Crippen molar-refractivity contribution in [1.82, 2.24) is 19.8 Å². The Morgan fingerprint density at radius 3 is 2.76 bits per heavy atom.